The third-order valence-electron chi connectivity index (χ3n) is 3.73. The smallest absolute Gasteiger partial charge is 0.257 e. The number of methoxy groups -OCH3 is 2. The molecule has 0 aliphatic rings. The Labute approximate surface area is 150 Å². The number of rotatable bonds is 6. The van der Waals surface area contributed by atoms with Crippen molar-refractivity contribution < 1.29 is 18.7 Å². The van der Waals surface area contributed by atoms with Gasteiger partial charge in [-0.15, -0.1) is 0 Å². The Balaban J connectivity index is 1.71. The van der Waals surface area contributed by atoms with Gasteiger partial charge in [-0.05, 0) is 29.8 Å². The van der Waals surface area contributed by atoms with Gasteiger partial charge in [-0.1, -0.05) is 12.1 Å². The summed E-state index contributed by atoms with van der Waals surface area (Å²) in [5, 5.41) is 7.01. The van der Waals surface area contributed by atoms with E-state index in [2.05, 4.69) is 10.4 Å². The Morgan fingerprint density at radius 3 is 2.50 bits per heavy atom. The first-order valence-electron chi connectivity index (χ1n) is 7.89. The SMILES string of the molecule is COc1cc(OC)cc(C(=O)Nc2ccn(Cc3cccc(F)c3)n2)c1. The largest absolute Gasteiger partial charge is 0.497 e. The zero-order valence-corrected chi connectivity index (χ0v) is 14.4. The number of hydrogen-bond acceptors (Lipinski definition) is 4. The highest BCUT2D eigenvalue weighted by Gasteiger charge is 2.12. The van der Waals surface area contributed by atoms with Gasteiger partial charge in [-0.2, -0.15) is 5.10 Å². The van der Waals surface area contributed by atoms with Crippen molar-refractivity contribution in [2.24, 2.45) is 0 Å². The molecular formula is C19H18FN3O3. The van der Waals surface area contributed by atoms with Crippen LogP contribution < -0.4 is 14.8 Å². The fraction of sp³-hybridized carbons (Fsp3) is 0.158. The minimum absolute atomic E-state index is 0.296. The van der Waals surface area contributed by atoms with Crippen LogP contribution in [0, 0.1) is 5.82 Å². The highest BCUT2D eigenvalue weighted by Crippen LogP contribution is 2.23. The van der Waals surface area contributed by atoms with Gasteiger partial charge in [0, 0.05) is 23.9 Å². The number of amides is 1. The van der Waals surface area contributed by atoms with Crippen LogP contribution in [-0.2, 0) is 6.54 Å². The van der Waals surface area contributed by atoms with Crippen molar-refractivity contribution in [3.05, 3.63) is 71.7 Å². The van der Waals surface area contributed by atoms with Gasteiger partial charge in [0.1, 0.15) is 17.3 Å². The Hall–Kier alpha value is -3.35. The quantitative estimate of drug-likeness (QED) is 0.736. The van der Waals surface area contributed by atoms with Gasteiger partial charge in [-0.3, -0.25) is 9.48 Å². The maximum Gasteiger partial charge on any atom is 0.257 e. The third-order valence-corrected chi connectivity index (χ3v) is 3.73. The molecule has 0 aliphatic carbocycles. The van der Waals surface area contributed by atoms with Gasteiger partial charge in [0.05, 0.1) is 20.8 Å². The van der Waals surface area contributed by atoms with Crippen LogP contribution in [0.1, 0.15) is 15.9 Å². The van der Waals surface area contributed by atoms with E-state index in [1.165, 1.54) is 26.4 Å². The number of hydrogen-bond donors (Lipinski definition) is 1. The van der Waals surface area contributed by atoms with Gasteiger partial charge >= 0.3 is 0 Å². The van der Waals surface area contributed by atoms with Gasteiger partial charge in [0.25, 0.3) is 5.91 Å². The fourth-order valence-electron chi connectivity index (χ4n) is 2.47. The maximum atomic E-state index is 13.3. The zero-order valence-electron chi connectivity index (χ0n) is 14.4. The van der Waals surface area contributed by atoms with Crippen molar-refractivity contribution in [2.45, 2.75) is 6.54 Å². The molecule has 2 aromatic carbocycles. The van der Waals surface area contributed by atoms with Crippen LogP contribution in [-0.4, -0.2) is 29.9 Å². The summed E-state index contributed by atoms with van der Waals surface area (Å²) >= 11 is 0. The summed E-state index contributed by atoms with van der Waals surface area (Å²) < 4.78 is 25.2. The molecule has 6 nitrogen and oxygen atoms in total. The summed E-state index contributed by atoms with van der Waals surface area (Å²) in [4.78, 5) is 12.4. The van der Waals surface area contributed by atoms with E-state index in [9.17, 15) is 9.18 Å². The molecular weight excluding hydrogens is 337 g/mol. The number of ether oxygens (including phenoxy) is 2. The molecule has 0 bridgehead atoms. The second-order valence-electron chi connectivity index (χ2n) is 5.58. The molecule has 0 radical (unpaired) electrons. The summed E-state index contributed by atoms with van der Waals surface area (Å²) in [6.45, 7) is 0.403. The lowest BCUT2D eigenvalue weighted by atomic mass is 10.2. The van der Waals surface area contributed by atoms with Crippen molar-refractivity contribution in [3.63, 3.8) is 0 Å². The number of nitrogens with one attached hydrogen (secondary N) is 1. The van der Waals surface area contributed by atoms with E-state index in [1.54, 1.807) is 41.2 Å². The van der Waals surface area contributed by atoms with Crippen LogP contribution in [0.3, 0.4) is 0 Å². The minimum atomic E-state index is -0.335. The fourth-order valence-corrected chi connectivity index (χ4v) is 2.47. The van der Waals surface area contributed by atoms with Crippen molar-refractivity contribution in [1.29, 1.82) is 0 Å². The van der Waals surface area contributed by atoms with Crippen LogP contribution in [0.2, 0.25) is 0 Å². The highest BCUT2D eigenvalue weighted by atomic mass is 19.1. The summed E-state index contributed by atoms with van der Waals surface area (Å²) in [5.74, 6) is 0.804. The van der Waals surface area contributed by atoms with E-state index >= 15 is 0 Å². The molecule has 26 heavy (non-hydrogen) atoms. The summed E-state index contributed by atoms with van der Waals surface area (Å²) in [5.41, 5.74) is 1.17. The minimum Gasteiger partial charge on any atom is -0.497 e. The number of anilines is 1. The summed E-state index contributed by atoms with van der Waals surface area (Å²) in [6.07, 6.45) is 1.71. The molecule has 1 heterocycles. The van der Waals surface area contributed by atoms with Crippen LogP contribution in [0.25, 0.3) is 0 Å². The molecule has 0 aliphatic heterocycles. The van der Waals surface area contributed by atoms with Gasteiger partial charge < -0.3 is 14.8 Å². The molecule has 0 unspecified atom stereocenters. The molecule has 7 heteroatoms. The number of carbonyl (C=O) groups excluding carboxylic acids is 1. The number of halogens is 1. The van der Waals surface area contributed by atoms with E-state index in [-0.39, 0.29) is 11.7 Å². The Bertz CT molecular complexity index is 902. The number of benzene rings is 2. The Kier molecular flexibility index (Phi) is 5.17. The molecule has 134 valence electrons. The molecule has 1 aromatic heterocycles. The molecule has 0 saturated heterocycles. The monoisotopic (exact) mass is 355 g/mol. The average molecular weight is 355 g/mol. The van der Waals surface area contributed by atoms with Crippen LogP contribution in [0.4, 0.5) is 10.2 Å². The van der Waals surface area contributed by atoms with Crippen molar-refractivity contribution in [3.8, 4) is 11.5 Å². The van der Waals surface area contributed by atoms with Crippen LogP contribution in [0.15, 0.2) is 54.7 Å². The van der Waals surface area contributed by atoms with Crippen LogP contribution in [0.5, 0.6) is 11.5 Å². The number of aromatic nitrogens is 2. The predicted molar refractivity (Wildman–Crippen MR) is 95.2 cm³/mol. The molecule has 1 N–H and O–H groups in total. The van der Waals surface area contributed by atoms with Crippen molar-refractivity contribution in [1.82, 2.24) is 9.78 Å². The normalized spacial score (nSPS) is 10.4. The average Bonchev–Trinajstić information content (AvgIpc) is 3.07. The van der Waals surface area contributed by atoms with Crippen LogP contribution >= 0.6 is 0 Å². The number of nitrogens with zero attached hydrogens (tertiary/aromatic N) is 2. The Morgan fingerprint density at radius 1 is 1.12 bits per heavy atom. The lowest BCUT2D eigenvalue weighted by Gasteiger charge is -2.08. The standard InChI is InChI=1S/C19H18FN3O3/c1-25-16-9-14(10-17(11-16)26-2)19(24)21-18-6-7-23(22-18)12-13-4-3-5-15(20)8-13/h3-11H,12H2,1-2H3,(H,21,22,24). The third kappa shape index (κ3) is 4.18. The van der Waals surface area contributed by atoms with Crippen molar-refractivity contribution in [2.75, 3.05) is 19.5 Å². The Morgan fingerprint density at radius 2 is 1.85 bits per heavy atom. The first-order valence-corrected chi connectivity index (χ1v) is 7.89. The topological polar surface area (TPSA) is 65.4 Å². The van der Waals surface area contributed by atoms with E-state index in [0.29, 0.717) is 29.4 Å². The molecule has 0 spiro atoms. The van der Waals surface area contributed by atoms with E-state index in [4.69, 9.17) is 9.47 Å². The first-order chi connectivity index (χ1) is 12.6. The maximum absolute atomic E-state index is 13.3. The molecule has 0 fully saturated rings. The number of carbonyl (C=O) groups is 1. The second kappa shape index (κ2) is 7.69. The van der Waals surface area contributed by atoms with E-state index in [1.807, 2.05) is 6.07 Å². The van der Waals surface area contributed by atoms with E-state index in [0.717, 1.165) is 5.56 Å². The summed E-state index contributed by atoms with van der Waals surface area (Å²) in [6, 6.07) is 12.9. The van der Waals surface area contributed by atoms with Crippen molar-refractivity contribution >= 4 is 11.7 Å². The van der Waals surface area contributed by atoms with E-state index < -0.39 is 0 Å². The molecule has 3 aromatic rings. The molecule has 1 amide bonds. The summed E-state index contributed by atoms with van der Waals surface area (Å²) in [7, 11) is 3.04. The van der Waals surface area contributed by atoms with Gasteiger partial charge in [0.2, 0.25) is 0 Å². The van der Waals surface area contributed by atoms with Gasteiger partial charge in [0.15, 0.2) is 5.82 Å². The molecule has 0 atom stereocenters. The lowest BCUT2D eigenvalue weighted by Crippen LogP contribution is -2.13. The van der Waals surface area contributed by atoms with Gasteiger partial charge in [-0.25, -0.2) is 4.39 Å². The molecule has 3 rings (SSSR count). The molecule has 0 saturated carbocycles. The second-order valence-corrected chi connectivity index (χ2v) is 5.58. The first kappa shape index (κ1) is 17.5. The highest BCUT2D eigenvalue weighted by molar-refractivity contribution is 6.04. The zero-order chi connectivity index (χ0) is 18.5. The predicted octanol–water partition coefficient (Wildman–Crippen LogP) is 3.34. The lowest BCUT2D eigenvalue weighted by molar-refractivity contribution is 0.102.